The van der Waals surface area contributed by atoms with Crippen LogP contribution < -0.4 is 0 Å². The molecule has 0 aliphatic carbocycles. The highest BCUT2D eigenvalue weighted by Crippen LogP contribution is 2.20. The fourth-order valence-electron chi connectivity index (χ4n) is 2.14. The van der Waals surface area contributed by atoms with Gasteiger partial charge in [0.05, 0.1) is 0 Å². The van der Waals surface area contributed by atoms with Crippen molar-refractivity contribution in [1.29, 1.82) is 0 Å². The van der Waals surface area contributed by atoms with Crippen LogP contribution in [0.4, 0.5) is 4.39 Å². The Morgan fingerprint density at radius 3 is 2.40 bits per heavy atom. The number of rotatable bonds is 3. The van der Waals surface area contributed by atoms with Gasteiger partial charge in [-0.15, -0.1) is 0 Å². The summed E-state index contributed by atoms with van der Waals surface area (Å²) in [5.41, 5.74) is 0.808. The van der Waals surface area contributed by atoms with Gasteiger partial charge in [0, 0.05) is 6.54 Å². The van der Waals surface area contributed by atoms with Crippen LogP contribution >= 0.6 is 0 Å². The molecule has 0 radical (unpaired) electrons. The number of benzene rings is 1. The molecule has 15 heavy (non-hydrogen) atoms. The van der Waals surface area contributed by atoms with Gasteiger partial charge >= 0.3 is 0 Å². The summed E-state index contributed by atoms with van der Waals surface area (Å²) in [6.07, 6.45) is 2.92. The molecule has 1 aliphatic rings. The third-order valence-corrected chi connectivity index (χ3v) is 3.03. The normalized spacial score (nSPS) is 20.1. The van der Waals surface area contributed by atoms with Gasteiger partial charge < -0.3 is 4.90 Å². The maximum Gasteiger partial charge on any atom is 0.138 e. The molecular formula is C13H18FN. The minimum absolute atomic E-state index is 0.560. The quantitative estimate of drug-likeness (QED) is 0.735. The van der Waals surface area contributed by atoms with Crippen LogP contribution in [0.2, 0.25) is 0 Å². The summed E-state index contributed by atoms with van der Waals surface area (Å²) < 4.78 is 13.9. The van der Waals surface area contributed by atoms with Crippen molar-refractivity contribution >= 4 is 0 Å². The Bertz CT molecular complexity index is 280. The molecule has 1 aromatic rings. The van der Waals surface area contributed by atoms with E-state index < -0.39 is 6.17 Å². The van der Waals surface area contributed by atoms with E-state index in [1.807, 2.05) is 30.3 Å². The minimum atomic E-state index is -0.829. The van der Waals surface area contributed by atoms with Gasteiger partial charge in [0.15, 0.2) is 0 Å². The lowest BCUT2D eigenvalue weighted by molar-refractivity contribution is 0.167. The summed E-state index contributed by atoms with van der Waals surface area (Å²) in [7, 11) is 0. The van der Waals surface area contributed by atoms with Gasteiger partial charge in [-0.25, -0.2) is 4.39 Å². The Labute approximate surface area is 90.9 Å². The van der Waals surface area contributed by atoms with Gasteiger partial charge in [0.25, 0.3) is 0 Å². The van der Waals surface area contributed by atoms with Crippen molar-refractivity contribution in [2.45, 2.75) is 25.4 Å². The van der Waals surface area contributed by atoms with Gasteiger partial charge in [-0.1, -0.05) is 36.8 Å². The van der Waals surface area contributed by atoms with Crippen LogP contribution in [-0.4, -0.2) is 24.5 Å². The Kier molecular flexibility index (Phi) is 3.73. The molecule has 0 bridgehead atoms. The van der Waals surface area contributed by atoms with Crippen molar-refractivity contribution < 1.29 is 4.39 Å². The molecule has 1 saturated heterocycles. The summed E-state index contributed by atoms with van der Waals surface area (Å²) in [5, 5.41) is 0. The average Bonchev–Trinajstić information content (AvgIpc) is 2.31. The monoisotopic (exact) mass is 207 g/mol. The molecule has 1 nitrogen and oxygen atoms in total. The van der Waals surface area contributed by atoms with Crippen molar-refractivity contribution in [3.63, 3.8) is 0 Å². The first-order valence-electron chi connectivity index (χ1n) is 5.77. The van der Waals surface area contributed by atoms with E-state index in [1.165, 1.54) is 19.3 Å². The third-order valence-electron chi connectivity index (χ3n) is 3.03. The van der Waals surface area contributed by atoms with Crippen LogP contribution in [0.15, 0.2) is 30.3 Å². The molecule has 1 aliphatic heterocycles. The van der Waals surface area contributed by atoms with Crippen molar-refractivity contribution in [2.24, 2.45) is 0 Å². The predicted octanol–water partition coefficient (Wildman–Crippen LogP) is 3.18. The second kappa shape index (κ2) is 5.26. The van der Waals surface area contributed by atoms with E-state index >= 15 is 0 Å². The smallest absolute Gasteiger partial charge is 0.138 e. The number of alkyl halides is 1. The summed E-state index contributed by atoms with van der Waals surface area (Å²) >= 11 is 0. The molecule has 1 atom stereocenters. The lowest BCUT2D eigenvalue weighted by atomic mass is 10.1. The van der Waals surface area contributed by atoms with E-state index in [0.29, 0.717) is 6.54 Å². The Morgan fingerprint density at radius 1 is 1.07 bits per heavy atom. The number of halogens is 1. The molecular weight excluding hydrogens is 189 g/mol. The maximum atomic E-state index is 13.9. The van der Waals surface area contributed by atoms with E-state index in [2.05, 4.69) is 4.90 Å². The van der Waals surface area contributed by atoms with E-state index in [1.54, 1.807) is 0 Å². The SMILES string of the molecule is FC(CN1CCCCC1)c1ccccc1. The maximum absolute atomic E-state index is 13.9. The standard InChI is InChI=1S/C13H18FN/c14-13(12-7-3-1-4-8-12)11-15-9-5-2-6-10-15/h1,3-4,7-8,13H,2,5-6,9-11H2. The molecule has 0 aromatic heterocycles. The lowest BCUT2D eigenvalue weighted by Gasteiger charge is -2.27. The number of likely N-dealkylation sites (tertiary alicyclic amines) is 1. The molecule has 0 amide bonds. The first kappa shape index (κ1) is 10.6. The van der Waals surface area contributed by atoms with Crippen molar-refractivity contribution in [3.05, 3.63) is 35.9 Å². The van der Waals surface area contributed by atoms with E-state index in [-0.39, 0.29) is 0 Å². The largest absolute Gasteiger partial charge is 0.300 e. The van der Waals surface area contributed by atoms with E-state index in [0.717, 1.165) is 18.7 Å². The molecule has 1 fully saturated rings. The van der Waals surface area contributed by atoms with Crippen LogP contribution in [0.3, 0.4) is 0 Å². The minimum Gasteiger partial charge on any atom is -0.300 e. The topological polar surface area (TPSA) is 3.24 Å². The highest BCUT2D eigenvalue weighted by atomic mass is 19.1. The number of nitrogens with zero attached hydrogens (tertiary/aromatic N) is 1. The van der Waals surface area contributed by atoms with Gasteiger partial charge in [0.1, 0.15) is 6.17 Å². The predicted molar refractivity (Wildman–Crippen MR) is 60.6 cm³/mol. The van der Waals surface area contributed by atoms with E-state index in [4.69, 9.17) is 0 Å². The fourth-order valence-corrected chi connectivity index (χ4v) is 2.14. The van der Waals surface area contributed by atoms with Crippen molar-refractivity contribution in [2.75, 3.05) is 19.6 Å². The Morgan fingerprint density at radius 2 is 1.73 bits per heavy atom. The van der Waals surface area contributed by atoms with Crippen LogP contribution in [0.1, 0.15) is 31.0 Å². The average molecular weight is 207 g/mol. The van der Waals surface area contributed by atoms with Gasteiger partial charge in [0.2, 0.25) is 0 Å². The van der Waals surface area contributed by atoms with Crippen LogP contribution in [0, 0.1) is 0 Å². The number of hydrogen-bond acceptors (Lipinski definition) is 1. The highest BCUT2D eigenvalue weighted by molar-refractivity contribution is 5.17. The molecule has 1 unspecified atom stereocenters. The molecule has 0 N–H and O–H groups in total. The zero-order valence-corrected chi connectivity index (χ0v) is 9.03. The van der Waals surface area contributed by atoms with Gasteiger partial charge in [-0.3, -0.25) is 0 Å². The van der Waals surface area contributed by atoms with Gasteiger partial charge in [-0.2, -0.15) is 0 Å². The molecule has 2 heteroatoms. The summed E-state index contributed by atoms with van der Waals surface area (Å²) in [6, 6.07) is 9.47. The second-order valence-electron chi connectivity index (χ2n) is 4.24. The lowest BCUT2D eigenvalue weighted by Crippen LogP contribution is -2.32. The van der Waals surface area contributed by atoms with E-state index in [9.17, 15) is 4.39 Å². The van der Waals surface area contributed by atoms with Crippen molar-refractivity contribution in [1.82, 2.24) is 4.90 Å². The molecule has 2 rings (SSSR count). The Hall–Kier alpha value is -0.890. The summed E-state index contributed by atoms with van der Waals surface area (Å²) in [5.74, 6) is 0. The molecule has 82 valence electrons. The molecule has 1 heterocycles. The van der Waals surface area contributed by atoms with Crippen LogP contribution in [-0.2, 0) is 0 Å². The van der Waals surface area contributed by atoms with Gasteiger partial charge in [-0.05, 0) is 31.5 Å². The summed E-state index contributed by atoms with van der Waals surface area (Å²) in [6.45, 7) is 2.69. The summed E-state index contributed by atoms with van der Waals surface area (Å²) in [4.78, 5) is 2.24. The van der Waals surface area contributed by atoms with Crippen LogP contribution in [0.5, 0.6) is 0 Å². The molecule has 1 aromatic carbocycles. The van der Waals surface area contributed by atoms with Crippen LogP contribution in [0.25, 0.3) is 0 Å². The Balaban J connectivity index is 1.88. The first-order valence-corrected chi connectivity index (χ1v) is 5.77. The highest BCUT2D eigenvalue weighted by Gasteiger charge is 2.16. The molecule has 0 saturated carbocycles. The third kappa shape index (κ3) is 3.03. The van der Waals surface area contributed by atoms with Crippen molar-refractivity contribution in [3.8, 4) is 0 Å². The number of hydrogen-bond donors (Lipinski definition) is 0. The zero-order chi connectivity index (χ0) is 10.5. The fraction of sp³-hybridized carbons (Fsp3) is 0.538. The zero-order valence-electron chi connectivity index (χ0n) is 9.03. The molecule has 0 spiro atoms. The second-order valence-corrected chi connectivity index (χ2v) is 4.24. The first-order chi connectivity index (χ1) is 7.36. The number of piperidine rings is 1.